The number of ether oxygens (including phenoxy) is 1. The molecule has 2 atom stereocenters. The van der Waals surface area contributed by atoms with Crippen LogP contribution in [0.5, 0.6) is 5.75 Å². The van der Waals surface area contributed by atoms with E-state index >= 15 is 0 Å². The van der Waals surface area contributed by atoms with Crippen molar-refractivity contribution in [3.05, 3.63) is 63.6 Å². The Morgan fingerprint density at radius 1 is 1.12 bits per heavy atom. The molecule has 2 aromatic rings. The highest BCUT2D eigenvalue weighted by Gasteiger charge is 2.29. The van der Waals surface area contributed by atoms with Crippen molar-refractivity contribution in [3.8, 4) is 5.75 Å². The molecule has 3 rings (SSSR count). The zero-order valence-electron chi connectivity index (χ0n) is 19.8. The molecule has 2 N–H and O–H groups in total. The molecule has 0 spiro atoms. The molecule has 1 aliphatic heterocycles. The van der Waals surface area contributed by atoms with Crippen LogP contribution in [0.2, 0.25) is 10.0 Å². The van der Waals surface area contributed by atoms with Crippen LogP contribution >= 0.6 is 23.2 Å². The van der Waals surface area contributed by atoms with Crippen molar-refractivity contribution in [3.63, 3.8) is 0 Å². The maximum absolute atomic E-state index is 12.9. The highest BCUT2D eigenvalue weighted by atomic mass is 35.5. The molecule has 33 heavy (non-hydrogen) atoms. The van der Waals surface area contributed by atoms with E-state index in [0.717, 1.165) is 37.1 Å². The van der Waals surface area contributed by atoms with Crippen molar-refractivity contribution < 1.29 is 9.53 Å². The molecule has 5 nitrogen and oxygen atoms in total. The number of likely N-dealkylation sites (N-methyl/N-ethyl adjacent to an activating group) is 1. The van der Waals surface area contributed by atoms with Crippen molar-refractivity contribution in [1.29, 1.82) is 0 Å². The van der Waals surface area contributed by atoms with E-state index in [0.29, 0.717) is 35.5 Å². The Balaban J connectivity index is 1.62. The number of carbonyl (C=O) groups is 1. The molecule has 1 aliphatic rings. The summed E-state index contributed by atoms with van der Waals surface area (Å²) in [6.07, 6.45) is 3.28. The molecule has 1 fully saturated rings. The first-order valence-corrected chi connectivity index (χ1v) is 12.4. The van der Waals surface area contributed by atoms with Gasteiger partial charge in [-0.1, -0.05) is 48.3 Å². The van der Waals surface area contributed by atoms with Crippen LogP contribution in [0, 0.1) is 0 Å². The lowest BCUT2D eigenvalue weighted by Gasteiger charge is -2.34. The summed E-state index contributed by atoms with van der Waals surface area (Å²) in [6.45, 7) is 4.36. The van der Waals surface area contributed by atoms with Gasteiger partial charge in [-0.05, 0) is 81.1 Å². The Morgan fingerprint density at radius 3 is 2.36 bits per heavy atom. The molecule has 0 unspecified atom stereocenters. The van der Waals surface area contributed by atoms with Crippen LogP contribution in [-0.4, -0.2) is 61.6 Å². The molecule has 0 radical (unpaired) electrons. The Hall–Kier alpha value is -1.79. The summed E-state index contributed by atoms with van der Waals surface area (Å²) in [5.41, 5.74) is 8.44. The lowest BCUT2D eigenvalue weighted by molar-refractivity contribution is -0.133. The minimum absolute atomic E-state index is 0.00742. The van der Waals surface area contributed by atoms with Crippen LogP contribution in [0.3, 0.4) is 0 Å². The monoisotopic (exact) mass is 491 g/mol. The number of rotatable bonds is 9. The minimum Gasteiger partial charge on any atom is -0.489 e. The summed E-state index contributed by atoms with van der Waals surface area (Å²) in [5.74, 6) is 1.19. The van der Waals surface area contributed by atoms with E-state index in [1.807, 2.05) is 41.3 Å². The highest BCUT2D eigenvalue weighted by molar-refractivity contribution is 6.30. The lowest BCUT2D eigenvalue weighted by atomic mass is 9.88. The maximum Gasteiger partial charge on any atom is 0.239 e. The van der Waals surface area contributed by atoms with E-state index in [1.54, 1.807) is 0 Å². The van der Waals surface area contributed by atoms with Crippen molar-refractivity contribution >= 4 is 29.1 Å². The highest BCUT2D eigenvalue weighted by Crippen LogP contribution is 2.36. The van der Waals surface area contributed by atoms with E-state index in [2.05, 4.69) is 32.0 Å². The van der Waals surface area contributed by atoms with Crippen LogP contribution < -0.4 is 10.5 Å². The summed E-state index contributed by atoms with van der Waals surface area (Å²) in [4.78, 5) is 17.0. The van der Waals surface area contributed by atoms with Gasteiger partial charge >= 0.3 is 0 Å². The quantitative estimate of drug-likeness (QED) is 0.536. The molecule has 180 valence electrons. The molecular formula is C26H35Cl2N3O2. The van der Waals surface area contributed by atoms with E-state index in [9.17, 15) is 4.79 Å². The zero-order valence-corrected chi connectivity index (χ0v) is 21.3. The number of benzene rings is 2. The van der Waals surface area contributed by atoms with Gasteiger partial charge in [-0.25, -0.2) is 0 Å². The Labute approximate surface area is 207 Å². The van der Waals surface area contributed by atoms with Crippen LogP contribution in [0.1, 0.15) is 43.2 Å². The standard InChI is InChI=1S/C26H35Cl2N3O2/c1-4-22(17-30(2)3)33-25-16-21(28)9-10-23(25)19-11-13-31(14-12-19)26(32)24(29)15-18-5-7-20(27)8-6-18/h5-10,16,19,22,24H,4,11-15,17,29H2,1-3H3/t22-,24+/m0/s1. The molecule has 0 aliphatic carbocycles. The van der Waals surface area contributed by atoms with Gasteiger partial charge in [0.05, 0.1) is 6.04 Å². The number of nitrogens with zero attached hydrogens (tertiary/aromatic N) is 2. The second-order valence-corrected chi connectivity index (χ2v) is 10.0. The second kappa shape index (κ2) is 12.1. The Morgan fingerprint density at radius 2 is 1.76 bits per heavy atom. The lowest BCUT2D eigenvalue weighted by Crippen LogP contribution is -2.47. The third-order valence-corrected chi connectivity index (χ3v) is 6.71. The largest absolute Gasteiger partial charge is 0.489 e. The molecule has 0 bridgehead atoms. The van der Waals surface area contributed by atoms with E-state index in [4.69, 9.17) is 33.7 Å². The van der Waals surface area contributed by atoms with Crippen LogP contribution in [0.4, 0.5) is 0 Å². The fourth-order valence-electron chi connectivity index (χ4n) is 4.39. The third-order valence-electron chi connectivity index (χ3n) is 6.23. The summed E-state index contributed by atoms with van der Waals surface area (Å²) >= 11 is 12.2. The molecule has 7 heteroatoms. The summed E-state index contributed by atoms with van der Waals surface area (Å²) in [6, 6.07) is 12.9. The summed E-state index contributed by atoms with van der Waals surface area (Å²) in [5, 5.41) is 1.35. The predicted molar refractivity (Wildman–Crippen MR) is 136 cm³/mol. The van der Waals surface area contributed by atoms with Gasteiger partial charge in [-0.3, -0.25) is 4.79 Å². The first kappa shape index (κ1) is 25.8. The number of amides is 1. The molecule has 1 heterocycles. The van der Waals surface area contributed by atoms with Crippen molar-refractivity contribution in [1.82, 2.24) is 9.80 Å². The smallest absolute Gasteiger partial charge is 0.239 e. The maximum atomic E-state index is 12.9. The van der Waals surface area contributed by atoms with E-state index in [-0.39, 0.29) is 12.0 Å². The van der Waals surface area contributed by atoms with E-state index < -0.39 is 6.04 Å². The first-order valence-electron chi connectivity index (χ1n) is 11.7. The Kier molecular flexibility index (Phi) is 9.45. The summed E-state index contributed by atoms with van der Waals surface area (Å²) < 4.78 is 6.39. The van der Waals surface area contributed by atoms with E-state index in [1.165, 1.54) is 5.56 Å². The first-order chi connectivity index (χ1) is 15.8. The van der Waals surface area contributed by atoms with Crippen molar-refractivity contribution in [2.24, 2.45) is 5.73 Å². The molecule has 1 saturated heterocycles. The minimum atomic E-state index is -0.548. The fourth-order valence-corrected chi connectivity index (χ4v) is 4.68. The number of nitrogens with two attached hydrogens (primary N) is 1. The number of likely N-dealkylation sites (tertiary alicyclic amines) is 1. The third kappa shape index (κ3) is 7.35. The van der Waals surface area contributed by atoms with Gasteiger partial charge in [0.25, 0.3) is 0 Å². The average molecular weight is 492 g/mol. The average Bonchev–Trinajstić information content (AvgIpc) is 2.79. The molecule has 1 amide bonds. The van der Waals surface area contributed by atoms with Gasteiger partial charge < -0.3 is 20.3 Å². The van der Waals surface area contributed by atoms with Crippen LogP contribution in [0.15, 0.2) is 42.5 Å². The molecule has 0 aromatic heterocycles. The number of halogens is 2. The molecular weight excluding hydrogens is 457 g/mol. The zero-order chi connectivity index (χ0) is 24.0. The number of hydrogen-bond donors (Lipinski definition) is 1. The van der Waals surface area contributed by atoms with Crippen molar-refractivity contribution in [2.75, 3.05) is 33.7 Å². The van der Waals surface area contributed by atoms with Gasteiger partial charge in [0.2, 0.25) is 5.91 Å². The number of hydrogen-bond acceptors (Lipinski definition) is 4. The molecule has 0 saturated carbocycles. The van der Waals surface area contributed by atoms with Crippen LogP contribution in [0.25, 0.3) is 0 Å². The van der Waals surface area contributed by atoms with Crippen molar-refractivity contribution in [2.45, 2.75) is 50.7 Å². The second-order valence-electron chi connectivity index (χ2n) is 9.13. The summed E-state index contributed by atoms with van der Waals surface area (Å²) in [7, 11) is 4.10. The predicted octanol–water partition coefficient (Wildman–Crippen LogP) is 4.99. The van der Waals surface area contributed by atoms with Gasteiger partial charge in [0.1, 0.15) is 11.9 Å². The normalized spacial score (nSPS) is 16.6. The number of piperidine rings is 1. The SMILES string of the molecule is CC[C@@H](CN(C)C)Oc1cc(Cl)ccc1C1CCN(C(=O)[C@H](N)Cc2ccc(Cl)cc2)CC1. The van der Waals surface area contributed by atoms with Gasteiger partial charge in [0, 0.05) is 29.7 Å². The topological polar surface area (TPSA) is 58.8 Å². The molecule has 2 aromatic carbocycles. The Bertz CT molecular complexity index is 912. The fraction of sp³-hybridized carbons (Fsp3) is 0.500. The van der Waals surface area contributed by atoms with Crippen LogP contribution in [-0.2, 0) is 11.2 Å². The number of carbonyl (C=O) groups excluding carboxylic acids is 1. The van der Waals surface area contributed by atoms with Gasteiger partial charge in [-0.15, -0.1) is 0 Å². The van der Waals surface area contributed by atoms with Gasteiger partial charge in [0.15, 0.2) is 0 Å². The van der Waals surface area contributed by atoms with Gasteiger partial charge in [-0.2, -0.15) is 0 Å².